The number of carbonyl (C=O) groups is 2. The quantitative estimate of drug-likeness (QED) is 0.629. The third kappa shape index (κ3) is 5.75. The van der Waals surface area contributed by atoms with Gasteiger partial charge in [-0.1, -0.05) is 29.3 Å². The second-order valence-electron chi connectivity index (χ2n) is 6.75. The summed E-state index contributed by atoms with van der Waals surface area (Å²) in [5.74, 6) is -1.44. The van der Waals surface area contributed by atoms with Crippen molar-refractivity contribution in [2.45, 2.75) is 11.8 Å². The van der Waals surface area contributed by atoms with Crippen molar-refractivity contribution in [1.29, 1.82) is 0 Å². The lowest BCUT2D eigenvalue weighted by atomic mass is 10.2. The number of esters is 1. The lowest BCUT2D eigenvalue weighted by Crippen LogP contribution is -2.40. The molecule has 0 aromatic heterocycles. The number of benzene rings is 2. The average Bonchev–Trinajstić information content (AvgIpc) is 2.75. The Kier molecular flexibility index (Phi) is 7.55. The summed E-state index contributed by atoms with van der Waals surface area (Å²) in [6.45, 7) is 2.28. The first-order valence-electron chi connectivity index (χ1n) is 9.29. The van der Waals surface area contributed by atoms with Crippen LogP contribution in [0.2, 0.25) is 10.0 Å². The number of carbonyl (C=O) groups excluding carboxylic acids is 2. The molecule has 1 amide bonds. The van der Waals surface area contributed by atoms with Crippen LogP contribution in [0.4, 0.5) is 5.69 Å². The molecular weight excluding hydrogens is 467 g/mol. The average molecular weight is 487 g/mol. The van der Waals surface area contributed by atoms with Crippen LogP contribution >= 0.6 is 23.2 Å². The minimum absolute atomic E-state index is 0.0381. The third-order valence-corrected chi connectivity index (χ3v) is 7.15. The molecule has 0 radical (unpaired) electrons. The van der Waals surface area contributed by atoms with Crippen molar-refractivity contribution < 1.29 is 27.5 Å². The maximum Gasteiger partial charge on any atom is 0.340 e. The van der Waals surface area contributed by atoms with E-state index in [-0.39, 0.29) is 34.3 Å². The van der Waals surface area contributed by atoms with E-state index in [2.05, 4.69) is 5.32 Å². The van der Waals surface area contributed by atoms with Crippen LogP contribution < -0.4 is 5.32 Å². The second kappa shape index (κ2) is 9.97. The van der Waals surface area contributed by atoms with E-state index in [1.165, 1.54) is 28.6 Å². The van der Waals surface area contributed by atoms with Gasteiger partial charge in [-0.2, -0.15) is 4.31 Å². The van der Waals surface area contributed by atoms with Gasteiger partial charge in [-0.25, -0.2) is 13.2 Å². The van der Waals surface area contributed by atoms with E-state index in [0.717, 1.165) is 0 Å². The van der Waals surface area contributed by atoms with Crippen LogP contribution in [0.3, 0.4) is 0 Å². The molecule has 0 unspecified atom stereocenters. The highest BCUT2D eigenvalue weighted by Gasteiger charge is 2.28. The van der Waals surface area contributed by atoms with E-state index in [1.807, 2.05) is 0 Å². The van der Waals surface area contributed by atoms with E-state index < -0.39 is 28.5 Å². The summed E-state index contributed by atoms with van der Waals surface area (Å²) in [7, 11) is -3.73. The van der Waals surface area contributed by atoms with Gasteiger partial charge in [0.25, 0.3) is 5.91 Å². The molecule has 0 bridgehead atoms. The lowest BCUT2D eigenvalue weighted by molar-refractivity contribution is -0.119. The predicted octanol–water partition coefficient (Wildman–Crippen LogP) is 3.12. The summed E-state index contributed by atoms with van der Waals surface area (Å²) in [6.07, 6.45) is 0. The first-order valence-corrected chi connectivity index (χ1v) is 11.5. The molecule has 1 fully saturated rings. The molecule has 1 aliphatic rings. The number of nitrogens with zero attached hydrogens (tertiary/aromatic N) is 1. The molecule has 166 valence electrons. The van der Waals surface area contributed by atoms with Gasteiger partial charge in [0.1, 0.15) is 0 Å². The van der Waals surface area contributed by atoms with Gasteiger partial charge < -0.3 is 14.8 Å². The monoisotopic (exact) mass is 486 g/mol. The topological polar surface area (TPSA) is 102 Å². The molecule has 8 nitrogen and oxygen atoms in total. The van der Waals surface area contributed by atoms with Crippen LogP contribution in [0.5, 0.6) is 0 Å². The molecule has 2 aromatic carbocycles. The zero-order valence-electron chi connectivity index (χ0n) is 16.6. The molecule has 0 atom stereocenters. The second-order valence-corrected chi connectivity index (χ2v) is 9.50. The van der Waals surface area contributed by atoms with Crippen molar-refractivity contribution >= 4 is 50.8 Å². The van der Waals surface area contributed by atoms with Crippen molar-refractivity contribution in [3.8, 4) is 0 Å². The number of hydrogen-bond acceptors (Lipinski definition) is 6. The van der Waals surface area contributed by atoms with Crippen molar-refractivity contribution in [2.24, 2.45) is 0 Å². The van der Waals surface area contributed by atoms with Gasteiger partial charge in [0.2, 0.25) is 10.0 Å². The summed E-state index contributed by atoms with van der Waals surface area (Å²) in [5.41, 5.74) is 0.849. The molecule has 1 aliphatic heterocycles. The normalized spacial score (nSPS) is 14.8. The van der Waals surface area contributed by atoms with Crippen molar-refractivity contribution in [3.63, 3.8) is 0 Å². The number of morpholine rings is 1. The summed E-state index contributed by atoms with van der Waals surface area (Å²) in [4.78, 5) is 24.5. The number of sulfonamides is 1. The molecule has 31 heavy (non-hydrogen) atoms. The van der Waals surface area contributed by atoms with Crippen LogP contribution in [0.1, 0.15) is 15.9 Å². The maximum atomic E-state index is 12.9. The van der Waals surface area contributed by atoms with Crippen LogP contribution in [0, 0.1) is 6.92 Å². The molecule has 0 spiro atoms. The Bertz CT molecular complexity index is 1100. The molecular formula is C20H20Cl2N2O6S. The zero-order valence-corrected chi connectivity index (χ0v) is 18.9. The Morgan fingerprint density at radius 1 is 1.13 bits per heavy atom. The lowest BCUT2D eigenvalue weighted by Gasteiger charge is -2.26. The smallest absolute Gasteiger partial charge is 0.340 e. The van der Waals surface area contributed by atoms with Crippen LogP contribution in [-0.4, -0.2) is 57.5 Å². The molecule has 0 aliphatic carbocycles. The highest BCUT2D eigenvalue weighted by Crippen LogP contribution is 2.25. The van der Waals surface area contributed by atoms with Gasteiger partial charge >= 0.3 is 5.97 Å². The summed E-state index contributed by atoms with van der Waals surface area (Å²) in [6, 6.07) is 8.86. The van der Waals surface area contributed by atoms with E-state index in [4.69, 9.17) is 32.7 Å². The standard InChI is InChI=1S/C20H20Cl2N2O6S/c1-13-2-4-15(11-18(13)31(27,28)24-6-8-29-9-7-24)23-19(25)12-30-20(26)16-10-14(21)3-5-17(16)22/h2-5,10-11H,6-9,12H2,1H3,(H,23,25). The Morgan fingerprint density at radius 2 is 1.84 bits per heavy atom. The van der Waals surface area contributed by atoms with E-state index in [0.29, 0.717) is 23.8 Å². The Morgan fingerprint density at radius 3 is 2.55 bits per heavy atom. The fourth-order valence-corrected chi connectivity index (χ4v) is 4.97. The first-order chi connectivity index (χ1) is 14.7. The Balaban J connectivity index is 1.67. The van der Waals surface area contributed by atoms with Crippen molar-refractivity contribution in [1.82, 2.24) is 4.31 Å². The molecule has 1 heterocycles. The van der Waals surface area contributed by atoms with E-state index >= 15 is 0 Å². The van der Waals surface area contributed by atoms with E-state index in [9.17, 15) is 18.0 Å². The largest absolute Gasteiger partial charge is 0.452 e. The van der Waals surface area contributed by atoms with E-state index in [1.54, 1.807) is 19.1 Å². The molecule has 11 heteroatoms. The number of anilines is 1. The van der Waals surface area contributed by atoms with Crippen LogP contribution in [0.15, 0.2) is 41.3 Å². The minimum Gasteiger partial charge on any atom is -0.452 e. The number of rotatable bonds is 6. The first kappa shape index (κ1) is 23.5. The van der Waals surface area contributed by atoms with Crippen molar-refractivity contribution in [2.75, 3.05) is 38.2 Å². The number of aryl methyl sites for hydroxylation is 1. The summed E-state index contributed by atoms with van der Waals surface area (Å²) < 4.78 is 37.4. The number of amides is 1. The highest BCUT2D eigenvalue weighted by molar-refractivity contribution is 7.89. The zero-order chi connectivity index (χ0) is 22.6. The molecule has 0 saturated carbocycles. The van der Waals surface area contributed by atoms with Gasteiger partial charge in [-0.3, -0.25) is 4.79 Å². The third-order valence-electron chi connectivity index (χ3n) is 4.54. The number of ether oxygens (including phenoxy) is 2. The van der Waals surface area contributed by atoms with Gasteiger partial charge in [-0.15, -0.1) is 0 Å². The van der Waals surface area contributed by atoms with Crippen molar-refractivity contribution in [3.05, 3.63) is 57.6 Å². The van der Waals surface area contributed by atoms with Gasteiger partial charge in [0.15, 0.2) is 6.61 Å². The SMILES string of the molecule is Cc1ccc(NC(=O)COC(=O)c2cc(Cl)ccc2Cl)cc1S(=O)(=O)N1CCOCC1. The minimum atomic E-state index is -3.73. The fourth-order valence-electron chi connectivity index (χ4n) is 2.94. The van der Waals surface area contributed by atoms with Crippen LogP contribution in [-0.2, 0) is 24.3 Å². The molecule has 2 aromatic rings. The Hall–Kier alpha value is -2.17. The summed E-state index contributed by atoms with van der Waals surface area (Å²) >= 11 is 11.8. The van der Waals surface area contributed by atoms with Gasteiger partial charge in [0, 0.05) is 23.8 Å². The molecule has 1 N–H and O–H groups in total. The molecule has 1 saturated heterocycles. The highest BCUT2D eigenvalue weighted by atomic mass is 35.5. The fraction of sp³-hybridized carbons (Fsp3) is 0.300. The predicted molar refractivity (Wildman–Crippen MR) is 116 cm³/mol. The van der Waals surface area contributed by atoms with Gasteiger partial charge in [0.05, 0.1) is 28.7 Å². The number of halogens is 2. The number of nitrogens with one attached hydrogen (secondary N) is 1. The molecule has 3 rings (SSSR count). The maximum absolute atomic E-state index is 12.9. The Labute approximate surface area is 190 Å². The summed E-state index contributed by atoms with van der Waals surface area (Å²) in [5, 5.41) is 2.98. The van der Waals surface area contributed by atoms with Crippen LogP contribution in [0.25, 0.3) is 0 Å². The van der Waals surface area contributed by atoms with Gasteiger partial charge in [-0.05, 0) is 42.8 Å². The number of hydrogen-bond donors (Lipinski definition) is 1.